The smallest absolute Gasteiger partial charge is 0.429 e. The largest absolute Gasteiger partial charge is 0.458 e. The van der Waals surface area contributed by atoms with Crippen molar-refractivity contribution in [2.45, 2.75) is 44.9 Å². The maximum absolute atomic E-state index is 15.1. The monoisotopic (exact) mass is 630 g/mol. The number of hydrogen-bond acceptors (Lipinski definition) is 1. The van der Waals surface area contributed by atoms with Gasteiger partial charge in [0.2, 0.25) is 0 Å². The van der Waals surface area contributed by atoms with E-state index >= 15 is 17.6 Å². The summed E-state index contributed by atoms with van der Waals surface area (Å²) < 4.78 is 131. The van der Waals surface area contributed by atoms with E-state index in [1.54, 1.807) is 18.2 Å². The van der Waals surface area contributed by atoms with Crippen LogP contribution in [0.2, 0.25) is 0 Å². The van der Waals surface area contributed by atoms with Crippen LogP contribution in [0.5, 0.6) is 5.75 Å². The van der Waals surface area contributed by atoms with Crippen LogP contribution in [-0.2, 0) is 12.5 Å². The minimum Gasteiger partial charge on any atom is -0.429 e. The number of ether oxygens (including phenoxy) is 1. The molecule has 0 fully saturated rings. The molecule has 0 amide bonds. The molecule has 5 aromatic rings. The van der Waals surface area contributed by atoms with Gasteiger partial charge in [0, 0.05) is 11.3 Å². The summed E-state index contributed by atoms with van der Waals surface area (Å²) in [6.07, 6.45) is -5.37. The zero-order valence-electron chi connectivity index (χ0n) is 23.6. The van der Waals surface area contributed by atoms with Crippen LogP contribution < -0.4 is 4.74 Å². The Balaban J connectivity index is 1.41. The molecule has 1 nitrogen and oxygen atoms in total. The zero-order valence-corrected chi connectivity index (χ0v) is 23.6. The number of unbranched alkanes of at least 4 members (excludes halogenated alkanes) is 2. The van der Waals surface area contributed by atoms with Crippen LogP contribution in [0.1, 0.15) is 42.9 Å². The molecule has 10 heteroatoms. The van der Waals surface area contributed by atoms with E-state index < -0.39 is 57.8 Å². The van der Waals surface area contributed by atoms with Gasteiger partial charge >= 0.3 is 12.3 Å². The highest BCUT2D eigenvalue weighted by molar-refractivity contribution is 5.88. The molecule has 5 rings (SSSR count). The molecule has 0 aliphatic rings. The fourth-order valence-electron chi connectivity index (χ4n) is 5.05. The van der Waals surface area contributed by atoms with Gasteiger partial charge in [-0.25, -0.2) is 17.6 Å². The number of rotatable bonds is 8. The van der Waals surface area contributed by atoms with Gasteiger partial charge in [0.25, 0.3) is 0 Å². The lowest BCUT2D eigenvalue weighted by atomic mass is 9.97. The normalized spacial score (nSPS) is 12.0. The van der Waals surface area contributed by atoms with Gasteiger partial charge in [-0.3, -0.25) is 0 Å². The van der Waals surface area contributed by atoms with Crippen molar-refractivity contribution in [2.75, 3.05) is 0 Å². The number of fused-ring (bicyclic) bond motifs is 2. The van der Waals surface area contributed by atoms with E-state index in [0.717, 1.165) is 78.3 Å². The lowest BCUT2D eigenvalue weighted by molar-refractivity contribution is -0.189. The van der Waals surface area contributed by atoms with Gasteiger partial charge in [0.1, 0.15) is 34.6 Å². The second kappa shape index (κ2) is 12.4. The molecular formula is C35H23F9O. The van der Waals surface area contributed by atoms with Gasteiger partial charge in [-0.05, 0) is 88.2 Å². The van der Waals surface area contributed by atoms with Gasteiger partial charge in [-0.15, -0.1) is 0 Å². The Morgan fingerprint density at radius 1 is 0.667 bits per heavy atom. The lowest BCUT2D eigenvalue weighted by Gasteiger charge is -2.20. The van der Waals surface area contributed by atoms with Crippen LogP contribution >= 0.6 is 0 Å². The molecule has 0 aliphatic carbocycles. The van der Waals surface area contributed by atoms with Crippen LogP contribution in [0.4, 0.5) is 39.5 Å². The van der Waals surface area contributed by atoms with Gasteiger partial charge in [-0.2, -0.15) is 22.0 Å². The van der Waals surface area contributed by atoms with E-state index in [9.17, 15) is 22.0 Å². The average molecular weight is 631 g/mol. The molecule has 0 aliphatic heterocycles. The first-order chi connectivity index (χ1) is 21.3. The summed E-state index contributed by atoms with van der Waals surface area (Å²) in [5.41, 5.74) is -1.28. The Morgan fingerprint density at radius 2 is 1.36 bits per heavy atom. The molecular weight excluding hydrogens is 607 g/mol. The summed E-state index contributed by atoms with van der Waals surface area (Å²) in [7, 11) is 0. The third-order valence-corrected chi connectivity index (χ3v) is 7.22. The number of aryl methyl sites for hydroxylation is 1. The molecule has 0 atom stereocenters. The molecule has 0 spiro atoms. The van der Waals surface area contributed by atoms with Crippen molar-refractivity contribution in [1.82, 2.24) is 0 Å². The Morgan fingerprint density at radius 3 is 2.04 bits per heavy atom. The molecule has 5 aromatic carbocycles. The molecule has 0 unspecified atom stereocenters. The minimum absolute atomic E-state index is 0.0135. The number of benzene rings is 5. The molecule has 0 radical (unpaired) electrons. The topological polar surface area (TPSA) is 9.23 Å². The van der Waals surface area contributed by atoms with Crippen molar-refractivity contribution >= 4 is 21.5 Å². The van der Waals surface area contributed by atoms with Gasteiger partial charge in [0.15, 0.2) is 0 Å². The van der Waals surface area contributed by atoms with Gasteiger partial charge < -0.3 is 4.74 Å². The highest BCUT2D eigenvalue weighted by Crippen LogP contribution is 2.38. The second-order valence-electron chi connectivity index (χ2n) is 10.5. The van der Waals surface area contributed by atoms with Crippen LogP contribution in [0.25, 0.3) is 32.7 Å². The van der Waals surface area contributed by atoms with E-state index in [1.165, 1.54) is 5.92 Å². The van der Waals surface area contributed by atoms with Crippen molar-refractivity contribution in [3.8, 4) is 28.7 Å². The Bertz CT molecular complexity index is 1940. The van der Waals surface area contributed by atoms with Crippen molar-refractivity contribution in [3.63, 3.8) is 0 Å². The van der Waals surface area contributed by atoms with Gasteiger partial charge in [0.05, 0.1) is 5.56 Å². The van der Waals surface area contributed by atoms with Crippen molar-refractivity contribution in [3.05, 3.63) is 113 Å². The first kappa shape index (κ1) is 31.8. The van der Waals surface area contributed by atoms with Crippen LogP contribution in [0.15, 0.2) is 72.8 Å². The standard InChI is InChI=1S/C35H23F9O/c1-2-3-4-5-20-6-7-22-15-23(9-8-21(22)14-20)24-17-30(37)32(31(38)18-24)35(43,44)45-26-10-11-27-25(16-26)19-29(36)28(33(27)39)12-13-34(40,41)42/h6-11,14-19H,2-5H2,1H3. The highest BCUT2D eigenvalue weighted by atomic mass is 19.4. The Kier molecular flexibility index (Phi) is 8.74. The molecule has 232 valence electrons. The van der Waals surface area contributed by atoms with E-state index in [2.05, 4.69) is 11.7 Å². The first-order valence-corrected chi connectivity index (χ1v) is 13.9. The maximum Gasteiger partial charge on any atom is 0.458 e. The summed E-state index contributed by atoms with van der Waals surface area (Å²) in [6.45, 7) is 2.12. The Hall–Kier alpha value is -4.65. The summed E-state index contributed by atoms with van der Waals surface area (Å²) in [5.74, 6) is -4.69. The van der Waals surface area contributed by atoms with E-state index in [1.807, 2.05) is 18.2 Å². The molecule has 0 saturated carbocycles. The molecule has 0 heterocycles. The second-order valence-corrected chi connectivity index (χ2v) is 10.5. The van der Waals surface area contributed by atoms with Crippen molar-refractivity contribution < 1.29 is 44.3 Å². The summed E-state index contributed by atoms with van der Waals surface area (Å²) >= 11 is 0. The van der Waals surface area contributed by atoms with Gasteiger partial charge in [-0.1, -0.05) is 56.0 Å². The molecule has 45 heavy (non-hydrogen) atoms. The predicted octanol–water partition coefficient (Wildman–Crippen LogP) is 11.0. The number of hydrogen-bond donors (Lipinski definition) is 0. The van der Waals surface area contributed by atoms with E-state index in [4.69, 9.17) is 0 Å². The number of halogens is 9. The summed E-state index contributed by atoms with van der Waals surface area (Å²) in [4.78, 5) is 0. The fraction of sp³-hybridized carbons (Fsp3) is 0.200. The third kappa shape index (κ3) is 7.03. The summed E-state index contributed by atoms with van der Waals surface area (Å²) in [6, 6.07) is 15.5. The Labute approximate surface area is 252 Å². The molecule has 0 aromatic heterocycles. The van der Waals surface area contributed by atoms with E-state index in [-0.39, 0.29) is 10.9 Å². The quantitative estimate of drug-likeness (QED) is 0.0942. The summed E-state index contributed by atoms with van der Waals surface area (Å²) in [5, 5.41) is 0.916. The fourth-order valence-corrected chi connectivity index (χ4v) is 5.05. The van der Waals surface area contributed by atoms with Crippen LogP contribution in [0, 0.1) is 35.1 Å². The molecule has 0 N–H and O–H groups in total. The third-order valence-electron chi connectivity index (χ3n) is 7.22. The molecule has 0 bridgehead atoms. The maximum atomic E-state index is 15.1. The first-order valence-electron chi connectivity index (χ1n) is 13.9. The highest BCUT2D eigenvalue weighted by Gasteiger charge is 2.41. The van der Waals surface area contributed by atoms with Crippen molar-refractivity contribution in [2.24, 2.45) is 0 Å². The van der Waals surface area contributed by atoms with E-state index in [0.29, 0.717) is 11.6 Å². The SMILES string of the molecule is CCCCCc1ccc2cc(-c3cc(F)c(C(F)(F)Oc4ccc5c(F)c(C#CC(F)(F)F)c(F)cc5c4)c(F)c3)ccc2c1. The average Bonchev–Trinajstić information content (AvgIpc) is 2.95. The predicted molar refractivity (Wildman–Crippen MR) is 154 cm³/mol. The van der Waals surface area contributed by atoms with Crippen LogP contribution in [0.3, 0.4) is 0 Å². The van der Waals surface area contributed by atoms with Crippen molar-refractivity contribution in [1.29, 1.82) is 0 Å². The number of alkyl halides is 5. The molecule has 0 saturated heterocycles. The lowest BCUT2D eigenvalue weighted by Crippen LogP contribution is -2.25. The minimum atomic E-state index is -5.01. The zero-order chi connectivity index (χ0) is 32.5. The van der Waals surface area contributed by atoms with Crippen LogP contribution in [-0.4, -0.2) is 6.18 Å².